The van der Waals surface area contributed by atoms with Crippen LogP contribution in [-0.4, -0.2) is 19.1 Å². The van der Waals surface area contributed by atoms with Crippen LogP contribution in [0.3, 0.4) is 0 Å². The van der Waals surface area contributed by atoms with Gasteiger partial charge in [-0.05, 0) is 18.2 Å². The van der Waals surface area contributed by atoms with E-state index in [0.717, 1.165) is 32.1 Å². The Hall–Kier alpha value is -2.73. The number of ether oxygens (including phenoxy) is 2. The number of benzene rings is 3. The van der Waals surface area contributed by atoms with Gasteiger partial charge in [-0.1, -0.05) is 36.0 Å². The maximum atomic E-state index is 10.8. The third-order valence-electron chi connectivity index (χ3n) is 3.62. The largest absolute Gasteiger partial charge is 0.496 e. The zero-order valence-corrected chi connectivity index (χ0v) is 14.0. The number of non-ortho nitro benzene ring substituents is 1. The number of nitro benzene ring substituents is 1. The van der Waals surface area contributed by atoms with Crippen LogP contribution in [0, 0.1) is 10.1 Å². The minimum Gasteiger partial charge on any atom is -0.496 e. The van der Waals surface area contributed by atoms with E-state index in [4.69, 9.17) is 9.47 Å². The van der Waals surface area contributed by atoms with Crippen LogP contribution in [-0.2, 0) is 0 Å². The molecular formula is C18H15NO4S. The predicted molar refractivity (Wildman–Crippen MR) is 94.3 cm³/mol. The summed E-state index contributed by atoms with van der Waals surface area (Å²) < 4.78 is 11.1. The van der Waals surface area contributed by atoms with E-state index in [1.54, 1.807) is 26.4 Å². The molecule has 0 atom stereocenters. The Balaban J connectivity index is 2.06. The van der Waals surface area contributed by atoms with Gasteiger partial charge in [-0.25, -0.2) is 0 Å². The number of hydrogen-bond acceptors (Lipinski definition) is 5. The lowest BCUT2D eigenvalue weighted by Gasteiger charge is -2.14. The number of nitrogens with zero attached hydrogens (tertiary/aromatic N) is 1. The number of fused-ring (bicyclic) bond motifs is 1. The van der Waals surface area contributed by atoms with Gasteiger partial charge in [-0.3, -0.25) is 10.1 Å². The van der Waals surface area contributed by atoms with E-state index < -0.39 is 4.92 Å². The molecule has 0 N–H and O–H groups in total. The Kier molecular flexibility index (Phi) is 4.57. The van der Waals surface area contributed by atoms with Crippen LogP contribution in [0.25, 0.3) is 10.8 Å². The lowest BCUT2D eigenvalue weighted by Crippen LogP contribution is -1.92. The zero-order valence-electron chi connectivity index (χ0n) is 13.2. The van der Waals surface area contributed by atoms with E-state index in [1.165, 1.54) is 23.9 Å². The first-order valence-corrected chi connectivity index (χ1v) is 8.01. The Morgan fingerprint density at radius 3 is 2.21 bits per heavy atom. The van der Waals surface area contributed by atoms with Crippen molar-refractivity contribution in [3.8, 4) is 11.5 Å². The molecule has 24 heavy (non-hydrogen) atoms. The minimum atomic E-state index is -0.409. The third-order valence-corrected chi connectivity index (χ3v) is 4.65. The van der Waals surface area contributed by atoms with Crippen molar-refractivity contribution in [3.05, 3.63) is 64.7 Å². The monoisotopic (exact) mass is 341 g/mol. The van der Waals surface area contributed by atoms with Gasteiger partial charge >= 0.3 is 0 Å². The first-order chi connectivity index (χ1) is 11.6. The molecule has 0 radical (unpaired) electrons. The summed E-state index contributed by atoms with van der Waals surface area (Å²) in [6, 6.07) is 16.2. The molecule has 0 saturated heterocycles. The summed E-state index contributed by atoms with van der Waals surface area (Å²) in [5.74, 6) is 1.52. The van der Waals surface area contributed by atoms with E-state index in [-0.39, 0.29) is 5.69 Å². The van der Waals surface area contributed by atoms with Crippen LogP contribution in [0.15, 0.2) is 64.4 Å². The first-order valence-electron chi connectivity index (χ1n) is 7.20. The Morgan fingerprint density at radius 1 is 0.958 bits per heavy atom. The highest BCUT2D eigenvalue weighted by atomic mass is 32.2. The summed E-state index contributed by atoms with van der Waals surface area (Å²) in [6.45, 7) is 0. The van der Waals surface area contributed by atoms with Crippen molar-refractivity contribution in [2.45, 2.75) is 9.79 Å². The van der Waals surface area contributed by atoms with Crippen molar-refractivity contribution < 1.29 is 14.4 Å². The van der Waals surface area contributed by atoms with E-state index in [9.17, 15) is 10.1 Å². The molecule has 0 aromatic heterocycles. The van der Waals surface area contributed by atoms with Gasteiger partial charge in [0.2, 0.25) is 0 Å². The highest BCUT2D eigenvalue weighted by Crippen LogP contribution is 2.43. The molecule has 0 aliphatic rings. The summed E-state index contributed by atoms with van der Waals surface area (Å²) >= 11 is 1.48. The maximum Gasteiger partial charge on any atom is 0.269 e. The Bertz CT molecular complexity index is 893. The fraction of sp³-hybridized carbons (Fsp3) is 0.111. The van der Waals surface area contributed by atoms with Crippen LogP contribution in [0.2, 0.25) is 0 Å². The molecule has 0 bridgehead atoms. The van der Waals surface area contributed by atoms with Crippen molar-refractivity contribution >= 4 is 28.2 Å². The average molecular weight is 341 g/mol. The molecule has 0 heterocycles. The molecule has 3 rings (SSSR count). The Morgan fingerprint density at radius 2 is 1.62 bits per heavy atom. The predicted octanol–water partition coefficient (Wildman–Crippen LogP) is 4.92. The number of methoxy groups -OCH3 is 2. The zero-order chi connectivity index (χ0) is 17.1. The van der Waals surface area contributed by atoms with Crippen molar-refractivity contribution in [1.82, 2.24) is 0 Å². The van der Waals surface area contributed by atoms with Gasteiger partial charge in [0.15, 0.2) is 0 Å². The molecule has 0 aliphatic heterocycles. The third kappa shape index (κ3) is 3.00. The second-order valence-corrected chi connectivity index (χ2v) is 6.12. The Labute approximate surface area is 143 Å². The van der Waals surface area contributed by atoms with Gasteiger partial charge in [-0.15, -0.1) is 0 Å². The van der Waals surface area contributed by atoms with Crippen molar-refractivity contribution in [2.24, 2.45) is 0 Å². The van der Waals surface area contributed by atoms with E-state index in [0.29, 0.717) is 0 Å². The summed E-state index contributed by atoms with van der Waals surface area (Å²) in [4.78, 5) is 12.1. The van der Waals surface area contributed by atoms with Gasteiger partial charge in [0.05, 0.1) is 24.0 Å². The van der Waals surface area contributed by atoms with Gasteiger partial charge in [0.25, 0.3) is 5.69 Å². The van der Waals surface area contributed by atoms with Crippen LogP contribution in [0.5, 0.6) is 11.5 Å². The highest BCUT2D eigenvalue weighted by Gasteiger charge is 2.15. The average Bonchev–Trinajstić information content (AvgIpc) is 2.61. The molecule has 0 unspecified atom stereocenters. The van der Waals surface area contributed by atoms with E-state index in [1.807, 2.05) is 30.3 Å². The van der Waals surface area contributed by atoms with Crippen molar-refractivity contribution in [1.29, 1.82) is 0 Å². The molecule has 122 valence electrons. The van der Waals surface area contributed by atoms with Crippen molar-refractivity contribution in [3.63, 3.8) is 0 Å². The van der Waals surface area contributed by atoms with E-state index >= 15 is 0 Å². The molecule has 0 fully saturated rings. The van der Waals surface area contributed by atoms with Crippen LogP contribution < -0.4 is 9.47 Å². The summed E-state index contributed by atoms with van der Waals surface area (Å²) in [5.41, 5.74) is 0.0717. The summed E-state index contributed by atoms with van der Waals surface area (Å²) in [5, 5.41) is 12.7. The first kappa shape index (κ1) is 16.1. The lowest BCUT2D eigenvalue weighted by molar-refractivity contribution is -0.384. The number of hydrogen-bond donors (Lipinski definition) is 0. The SMILES string of the molecule is COc1cc(Sc2ccc([N+](=O)[O-])cc2)c(OC)c2ccccc12. The number of rotatable bonds is 5. The standard InChI is InChI=1S/C18H15NO4S/c1-22-16-11-17(18(23-2)15-6-4-3-5-14(15)16)24-13-9-7-12(8-10-13)19(20)21/h3-11H,1-2H3. The number of nitro groups is 1. The highest BCUT2D eigenvalue weighted by molar-refractivity contribution is 7.99. The van der Waals surface area contributed by atoms with Gasteiger partial charge < -0.3 is 9.47 Å². The molecule has 0 aliphatic carbocycles. The quantitative estimate of drug-likeness (QED) is 0.487. The topological polar surface area (TPSA) is 61.6 Å². The molecule has 3 aromatic carbocycles. The second kappa shape index (κ2) is 6.80. The summed E-state index contributed by atoms with van der Waals surface area (Å²) in [6.07, 6.45) is 0. The molecule has 6 heteroatoms. The normalized spacial score (nSPS) is 10.6. The van der Waals surface area contributed by atoms with Crippen LogP contribution in [0.1, 0.15) is 0 Å². The minimum absolute atomic E-state index is 0.0717. The maximum absolute atomic E-state index is 10.8. The van der Waals surface area contributed by atoms with E-state index in [2.05, 4.69) is 0 Å². The summed E-state index contributed by atoms with van der Waals surface area (Å²) in [7, 11) is 3.27. The molecular weight excluding hydrogens is 326 g/mol. The van der Waals surface area contributed by atoms with Gasteiger partial charge in [-0.2, -0.15) is 0 Å². The molecule has 0 saturated carbocycles. The van der Waals surface area contributed by atoms with Crippen LogP contribution in [0.4, 0.5) is 5.69 Å². The molecule has 5 nitrogen and oxygen atoms in total. The smallest absolute Gasteiger partial charge is 0.269 e. The molecule has 0 spiro atoms. The van der Waals surface area contributed by atoms with Crippen molar-refractivity contribution in [2.75, 3.05) is 14.2 Å². The molecule has 3 aromatic rings. The van der Waals surface area contributed by atoms with Gasteiger partial charge in [0.1, 0.15) is 11.5 Å². The lowest BCUT2D eigenvalue weighted by atomic mass is 10.1. The second-order valence-electron chi connectivity index (χ2n) is 5.01. The molecule has 0 amide bonds. The fourth-order valence-corrected chi connectivity index (χ4v) is 3.49. The van der Waals surface area contributed by atoms with Gasteiger partial charge in [0, 0.05) is 27.8 Å². The fourth-order valence-electron chi connectivity index (χ4n) is 2.51. The van der Waals surface area contributed by atoms with Crippen LogP contribution >= 0.6 is 11.8 Å².